The number of aliphatic imine (C=N–C) groups is 1. The van der Waals surface area contributed by atoms with Crippen LogP contribution in [-0.2, 0) is 0 Å². The fraction of sp³-hybridized carbons (Fsp3) is 0.167. The molecule has 6 heteroatoms. The molecular weight excluding hydrogens is 340 g/mol. The standard InChI is InChI=1S/C18H16N2O2S2/c21-15(13-7-3-1-4-8-13)17(24-18-19-11-12-23-18)20-16(22)14-9-5-2-6-10-14/h1-10,17H,11-12H2,(H,20,22)/t17-/m1/s1. The minimum atomic E-state index is -0.690. The number of nitrogens with one attached hydrogen (secondary N) is 1. The fourth-order valence-electron chi connectivity index (χ4n) is 2.18. The lowest BCUT2D eigenvalue weighted by atomic mass is 10.1. The highest BCUT2D eigenvalue weighted by Gasteiger charge is 2.26. The lowest BCUT2D eigenvalue weighted by molar-refractivity contribution is 0.0892. The number of Topliss-reactive ketones (excluding diaryl/α,β-unsaturated/α-hetero) is 1. The van der Waals surface area contributed by atoms with Crippen LogP contribution in [0.4, 0.5) is 0 Å². The molecule has 3 rings (SSSR count). The van der Waals surface area contributed by atoms with Crippen molar-refractivity contribution in [3.63, 3.8) is 0 Å². The van der Waals surface area contributed by atoms with Crippen LogP contribution >= 0.6 is 23.5 Å². The Morgan fingerprint density at radius 2 is 1.62 bits per heavy atom. The number of hydrogen-bond acceptors (Lipinski definition) is 5. The molecule has 1 amide bonds. The third-order valence-electron chi connectivity index (χ3n) is 3.37. The SMILES string of the molecule is O=C(N[C@H](SC1=NCCS1)C(=O)c1ccccc1)c1ccccc1. The molecule has 1 atom stereocenters. The molecule has 0 aromatic heterocycles. The zero-order valence-corrected chi connectivity index (χ0v) is 14.5. The normalized spacial score (nSPS) is 14.8. The number of thioether (sulfide) groups is 2. The molecule has 2 aromatic carbocycles. The number of benzene rings is 2. The predicted molar refractivity (Wildman–Crippen MR) is 101 cm³/mol. The summed E-state index contributed by atoms with van der Waals surface area (Å²) in [6, 6.07) is 17.9. The first kappa shape index (κ1) is 16.8. The van der Waals surface area contributed by atoms with E-state index in [9.17, 15) is 9.59 Å². The first-order chi connectivity index (χ1) is 11.7. The van der Waals surface area contributed by atoms with Crippen molar-refractivity contribution in [3.05, 3.63) is 71.8 Å². The van der Waals surface area contributed by atoms with Gasteiger partial charge in [-0.05, 0) is 12.1 Å². The lowest BCUT2D eigenvalue weighted by Crippen LogP contribution is -2.39. The predicted octanol–water partition coefficient (Wildman–Crippen LogP) is 3.46. The first-order valence-corrected chi connectivity index (χ1v) is 9.39. The average Bonchev–Trinajstić information content (AvgIpc) is 3.15. The van der Waals surface area contributed by atoms with Gasteiger partial charge >= 0.3 is 0 Å². The maximum atomic E-state index is 12.8. The molecule has 0 spiro atoms. The highest BCUT2D eigenvalue weighted by molar-refractivity contribution is 8.39. The molecule has 0 saturated heterocycles. The number of carbonyl (C=O) groups excluding carboxylic acids is 2. The van der Waals surface area contributed by atoms with Crippen LogP contribution in [0, 0.1) is 0 Å². The smallest absolute Gasteiger partial charge is 0.252 e. The van der Waals surface area contributed by atoms with Gasteiger partial charge in [-0.15, -0.1) is 0 Å². The van der Waals surface area contributed by atoms with Gasteiger partial charge in [0.2, 0.25) is 0 Å². The van der Waals surface area contributed by atoms with Gasteiger partial charge in [-0.3, -0.25) is 14.6 Å². The molecular formula is C18H16N2O2S2. The van der Waals surface area contributed by atoms with Crippen LogP contribution in [0.25, 0.3) is 0 Å². The van der Waals surface area contributed by atoms with E-state index < -0.39 is 5.37 Å². The number of hydrogen-bond donors (Lipinski definition) is 1. The molecule has 0 aliphatic carbocycles. The molecule has 24 heavy (non-hydrogen) atoms. The summed E-state index contributed by atoms with van der Waals surface area (Å²) in [5, 5.41) is 2.15. The molecule has 2 aromatic rings. The Morgan fingerprint density at radius 3 is 2.21 bits per heavy atom. The van der Waals surface area contributed by atoms with Gasteiger partial charge in [0.1, 0.15) is 9.75 Å². The van der Waals surface area contributed by atoms with Crippen molar-refractivity contribution in [3.8, 4) is 0 Å². The molecule has 1 aliphatic rings. The van der Waals surface area contributed by atoms with E-state index in [0.29, 0.717) is 11.1 Å². The average molecular weight is 356 g/mol. The minimum absolute atomic E-state index is 0.125. The molecule has 1 heterocycles. The van der Waals surface area contributed by atoms with Crippen LogP contribution in [0.1, 0.15) is 20.7 Å². The summed E-state index contributed by atoms with van der Waals surface area (Å²) in [5.74, 6) is 0.530. The second-order valence-corrected chi connectivity index (χ2v) is 7.50. The molecule has 4 nitrogen and oxygen atoms in total. The van der Waals surface area contributed by atoms with E-state index in [2.05, 4.69) is 10.3 Å². The fourth-order valence-corrected chi connectivity index (χ4v) is 4.31. The first-order valence-electron chi connectivity index (χ1n) is 7.53. The second kappa shape index (κ2) is 8.17. The highest BCUT2D eigenvalue weighted by atomic mass is 32.2. The van der Waals surface area contributed by atoms with Crippen molar-refractivity contribution < 1.29 is 9.59 Å². The van der Waals surface area contributed by atoms with Crippen molar-refractivity contribution >= 4 is 39.6 Å². The third-order valence-corrected chi connectivity index (χ3v) is 5.67. The Hall–Kier alpha value is -2.05. The van der Waals surface area contributed by atoms with Gasteiger partial charge in [-0.25, -0.2) is 0 Å². The van der Waals surface area contributed by atoms with Gasteiger partial charge in [-0.1, -0.05) is 72.1 Å². The van der Waals surface area contributed by atoms with Crippen molar-refractivity contribution in [2.24, 2.45) is 4.99 Å². The third kappa shape index (κ3) is 4.27. The molecule has 1 aliphatic heterocycles. The lowest BCUT2D eigenvalue weighted by Gasteiger charge is -2.17. The van der Waals surface area contributed by atoms with Gasteiger partial charge < -0.3 is 5.32 Å². The maximum absolute atomic E-state index is 12.8. The Balaban J connectivity index is 1.79. The highest BCUT2D eigenvalue weighted by Crippen LogP contribution is 2.27. The van der Waals surface area contributed by atoms with E-state index in [4.69, 9.17) is 0 Å². The second-order valence-electron chi connectivity index (χ2n) is 5.06. The van der Waals surface area contributed by atoms with Crippen molar-refractivity contribution in [2.45, 2.75) is 5.37 Å². The topological polar surface area (TPSA) is 58.5 Å². The van der Waals surface area contributed by atoms with Gasteiger partial charge in [0, 0.05) is 16.9 Å². The van der Waals surface area contributed by atoms with E-state index in [1.54, 1.807) is 48.2 Å². The van der Waals surface area contributed by atoms with Crippen molar-refractivity contribution in [2.75, 3.05) is 12.3 Å². The molecule has 1 N–H and O–H groups in total. The van der Waals surface area contributed by atoms with E-state index in [1.807, 2.05) is 24.3 Å². The monoisotopic (exact) mass is 356 g/mol. The minimum Gasteiger partial charge on any atom is -0.333 e. The zero-order valence-electron chi connectivity index (χ0n) is 12.8. The summed E-state index contributed by atoms with van der Waals surface area (Å²) >= 11 is 2.93. The van der Waals surface area contributed by atoms with Gasteiger partial charge in [0.15, 0.2) is 5.78 Å². The summed E-state index contributed by atoms with van der Waals surface area (Å²) in [7, 11) is 0. The van der Waals surface area contributed by atoms with Gasteiger partial charge in [0.05, 0.1) is 6.54 Å². The van der Waals surface area contributed by atoms with Crippen LogP contribution in [0.3, 0.4) is 0 Å². The number of rotatable bonds is 5. The zero-order chi connectivity index (χ0) is 16.8. The molecule has 0 unspecified atom stereocenters. The summed E-state index contributed by atoms with van der Waals surface area (Å²) in [6.07, 6.45) is 0. The van der Waals surface area contributed by atoms with Crippen LogP contribution in [0.15, 0.2) is 65.7 Å². The van der Waals surface area contributed by atoms with Crippen LogP contribution < -0.4 is 5.32 Å². The van der Waals surface area contributed by atoms with Crippen LogP contribution in [0.2, 0.25) is 0 Å². The number of ketones is 1. The maximum Gasteiger partial charge on any atom is 0.252 e. The Labute approximate surface area is 149 Å². The number of carbonyl (C=O) groups is 2. The molecule has 122 valence electrons. The molecule has 0 bridgehead atoms. The van der Waals surface area contributed by atoms with E-state index in [1.165, 1.54) is 11.8 Å². The number of nitrogens with zero attached hydrogens (tertiary/aromatic N) is 1. The van der Waals surface area contributed by atoms with Crippen LogP contribution in [-0.4, -0.2) is 33.7 Å². The van der Waals surface area contributed by atoms with Crippen molar-refractivity contribution in [1.29, 1.82) is 0 Å². The van der Waals surface area contributed by atoms with E-state index in [0.717, 1.165) is 16.7 Å². The Kier molecular flexibility index (Phi) is 5.72. The Bertz CT molecular complexity index is 748. The summed E-state index contributed by atoms with van der Waals surface area (Å²) < 4.78 is 0.845. The van der Waals surface area contributed by atoms with Gasteiger partial charge in [-0.2, -0.15) is 0 Å². The molecule has 0 saturated carbocycles. The molecule has 0 fully saturated rings. The van der Waals surface area contributed by atoms with Crippen LogP contribution in [0.5, 0.6) is 0 Å². The summed E-state index contributed by atoms with van der Waals surface area (Å²) in [5.41, 5.74) is 1.11. The van der Waals surface area contributed by atoms with E-state index in [-0.39, 0.29) is 11.7 Å². The quantitative estimate of drug-likeness (QED) is 0.658. The summed E-state index contributed by atoms with van der Waals surface area (Å²) in [4.78, 5) is 29.6. The Morgan fingerprint density at radius 1 is 1.00 bits per heavy atom. The molecule has 0 radical (unpaired) electrons. The number of amides is 1. The van der Waals surface area contributed by atoms with Gasteiger partial charge in [0.25, 0.3) is 5.91 Å². The van der Waals surface area contributed by atoms with E-state index >= 15 is 0 Å². The summed E-state index contributed by atoms with van der Waals surface area (Å²) in [6.45, 7) is 0.756. The van der Waals surface area contributed by atoms with Crippen molar-refractivity contribution in [1.82, 2.24) is 5.32 Å². The largest absolute Gasteiger partial charge is 0.333 e.